The molecule has 4 aromatic heterocycles. The summed E-state index contributed by atoms with van der Waals surface area (Å²) in [5.74, 6) is 2.76. The van der Waals surface area contributed by atoms with E-state index in [-0.39, 0.29) is 0 Å². The number of aryl methyl sites for hydroxylation is 1. The van der Waals surface area contributed by atoms with Crippen molar-refractivity contribution in [1.82, 2.24) is 44.8 Å². The quantitative estimate of drug-likeness (QED) is 0.482. The first-order chi connectivity index (χ1) is 15.5. The molecular formula is C22H26N10. The van der Waals surface area contributed by atoms with Gasteiger partial charge in [0.2, 0.25) is 5.95 Å². The predicted molar refractivity (Wildman–Crippen MR) is 123 cm³/mol. The number of hydrogen-bond acceptors (Lipinski definition) is 8. The van der Waals surface area contributed by atoms with Crippen molar-refractivity contribution in [2.45, 2.75) is 20.3 Å². The Morgan fingerprint density at radius 1 is 1.12 bits per heavy atom. The van der Waals surface area contributed by atoms with Gasteiger partial charge in [0, 0.05) is 55.9 Å². The largest absolute Gasteiger partial charge is 0.315 e. The molecular weight excluding hydrogens is 404 g/mol. The molecule has 32 heavy (non-hydrogen) atoms. The summed E-state index contributed by atoms with van der Waals surface area (Å²) >= 11 is 0. The molecule has 0 saturated carbocycles. The van der Waals surface area contributed by atoms with Gasteiger partial charge in [0.1, 0.15) is 5.82 Å². The number of rotatable bonds is 6. The van der Waals surface area contributed by atoms with E-state index in [2.05, 4.69) is 61.9 Å². The van der Waals surface area contributed by atoms with E-state index in [0.29, 0.717) is 11.9 Å². The lowest BCUT2D eigenvalue weighted by atomic mass is 10.0. The fourth-order valence-corrected chi connectivity index (χ4v) is 3.90. The Morgan fingerprint density at radius 2 is 2.00 bits per heavy atom. The van der Waals surface area contributed by atoms with Crippen LogP contribution in [0.4, 0.5) is 11.8 Å². The summed E-state index contributed by atoms with van der Waals surface area (Å²) < 4.78 is 3.77. The number of hydrogen-bond donors (Lipinski definition) is 2. The second-order valence-electron chi connectivity index (χ2n) is 8.31. The Kier molecular flexibility index (Phi) is 5.06. The number of aromatic nitrogens is 7. The SMILES string of the molecule is CC(C)CC1=C(c2nnc3cc(-c4ccnc(Nc5ccnn5C)n4)ccn23)CNN1C. The second kappa shape index (κ2) is 8.04. The van der Waals surface area contributed by atoms with Crippen molar-refractivity contribution >= 4 is 23.0 Å². The molecule has 10 nitrogen and oxygen atoms in total. The lowest BCUT2D eigenvalue weighted by molar-refractivity contribution is 0.324. The minimum Gasteiger partial charge on any atom is -0.315 e. The van der Waals surface area contributed by atoms with Crippen molar-refractivity contribution in [3.63, 3.8) is 0 Å². The van der Waals surface area contributed by atoms with Crippen molar-refractivity contribution in [3.8, 4) is 11.3 Å². The minimum atomic E-state index is 0.511. The van der Waals surface area contributed by atoms with Gasteiger partial charge in [0.05, 0.1) is 11.9 Å². The average molecular weight is 431 g/mol. The molecule has 0 saturated heterocycles. The number of allylic oxidation sites excluding steroid dienone is 1. The molecule has 0 spiro atoms. The van der Waals surface area contributed by atoms with E-state index < -0.39 is 0 Å². The van der Waals surface area contributed by atoms with Gasteiger partial charge in [0.15, 0.2) is 11.5 Å². The van der Waals surface area contributed by atoms with Crippen LogP contribution in [0, 0.1) is 5.92 Å². The molecule has 4 aromatic rings. The molecule has 1 aliphatic heterocycles. The van der Waals surface area contributed by atoms with Crippen LogP contribution in [-0.4, -0.2) is 52.9 Å². The maximum atomic E-state index is 4.66. The Hall–Kier alpha value is -3.79. The maximum Gasteiger partial charge on any atom is 0.228 e. The van der Waals surface area contributed by atoms with Crippen LogP contribution in [0.15, 0.2) is 48.6 Å². The highest BCUT2D eigenvalue weighted by Crippen LogP contribution is 2.29. The molecule has 164 valence electrons. The molecule has 0 bridgehead atoms. The third-order valence-corrected chi connectivity index (χ3v) is 5.54. The van der Waals surface area contributed by atoms with E-state index in [4.69, 9.17) is 0 Å². The summed E-state index contributed by atoms with van der Waals surface area (Å²) in [7, 11) is 3.92. The highest BCUT2D eigenvalue weighted by atomic mass is 15.5. The Labute approximate surface area is 186 Å². The summed E-state index contributed by atoms with van der Waals surface area (Å²) in [6.45, 7) is 5.20. The molecule has 0 fully saturated rings. The third kappa shape index (κ3) is 3.69. The number of fused-ring (bicyclic) bond motifs is 1. The first-order valence-corrected chi connectivity index (χ1v) is 10.6. The van der Waals surface area contributed by atoms with Crippen molar-refractivity contribution in [2.75, 3.05) is 18.9 Å². The normalized spacial score (nSPS) is 14.2. The molecule has 0 unspecified atom stereocenters. The summed E-state index contributed by atoms with van der Waals surface area (Å²) in [4.78, 5) is 8.98. The van der Waals surface area contributed by atoms with Crippen LogP contribution in [-0.2, 0) is 7.05 Å². The van der Waals surface area contributed by atoms with Gasteiger partial charge in [-0.2, -0.15) is 5.10 Å². The van der Waals surface area contributed by atoms with Crippen molar-refractivity contribution in [3.05, 3.63) is 54.4 Å². The van der Waals surface area contributed by atoms with E-state index in [1.807, 2.05) is 41.9 Å². The summed E-state index contributed by atoms with van der Waals surface area (Å²) in [6.07, 6.45) is 6.46. The molecule has 10 heteroatoms. The molecule has 0 atom stereocenters. The van der Waals surface area contributed by atoms with E-state index in [0.717, 1.165) is 41.5 Å². The molecule has 1 aliphatic rings. The van der Waals surface area contributed by atoms with E-state index in [9.17, 15) is 0 Å². The number of anilines is 2. The smallest absolute Gasteiger partial charge is 0.228 e. The standard InChI is InChI=1S/C22H26N10/c1-14(2)11-18-16(13-25-30(18)3)21-29-28-20-12-15(7-10-32(20)21)17-5-8-23-22(26-17)27-19-6-9-24-31(19)4/h5-10,12,14,25H,11,13H2,1-4H3,(H,23,26,27). The number of nitrogens with one attached hydrogen (secondary N) is 2. The summed E-state index contributed by atoms with van der Waals surface area (Å²) in [5, 5.41) is 18.4. The fraction of sp³-hybridized carbons (Fsp3) is 0.318. The van der Waals surface area contributed by atoms with Crippen LogP contribution in [0.2, 0.25) is 0 Å². The predicted octanol–water partition coefficient (Wildman–Crippen LogP) is 2.87. The molecule has 0 aromatic carbocycles. The lowest BCUT2D eigenvalue weighted by Crippen LogP contribution is -2.27. The van der Waals surface area contributed by atoms with Gasteiger partial charge in [-0.05, 0) is 30.5 Å². The zero-order valence-corrected chi connectivity index (χ0v) is 18.6. The van der Waals surface area contributed by atoms with Crippen molar-refractivity contribution in [1.29, 1.82) is 0 Å². The fourth-order valence-electron chi connectivity index (χ4n) is 3.90. The van der Waals surface area contributed by atoms with Gasteiger partial charge in [-0.15, -0.1) is 10.2 Å². The molecule has 0 amide bonds. The van der Waals surface area contributed by atoms with Crippen LogP contribution in [0.25, 0.3) is 22.5 Å². The van der Waals surface area contributed by atoms with Gasteiger partial charge in [0.25, 0.3) is 0 Å². The molecule has 0 radical (unpaired) electrons. The molecule has 0 aliphatic carbocycles. The van der Waals surface area contributed by atoms with Gasteiger partial charge < -0.3 is 10.3 Å². The number of pyridine rings is 1. The zero-order valence-electron chi connectivity index (χ0n) is 18.6. The maximum absolute atomic E-state index is 4.66. The molecule has 5 heterocycles. The third-order valence-electron chi connectivity index (χ3n) is 5.54. The first kappa shape index (κ1) is 20.1. The average Bonchev–Trinajstić information content (AvgIpc) is 3.47. The Morgan fingerprint density at radius 3 is 2.78 bits per heavy atom. The minimum absolute atomic E-state index is 0.511. The van der Waals surface area contributed by atoms with Crippen LogP contribution < -0.4 is 10.7 Å². The monoisotopic (exact) mass is 430 g/mol. The second-order valence-corrected chi connectivity index (χ2v) is 8.31. The van der Waals surface area contributed by atoms with Gasteiger partial charge in [-0.3, -0.25) is 9.08 Å². The van der Waals surface area contributed by atoms with Crippen LogP contribution in [0.5, 0.6) is 0 Å². The van der Waals surface area contributed by atoms with E-state index in [1.54, 1.807) is 17.1 Å². The topological polar surface area (TPSA) is 101 Å². The van der Waals surface area contributed by atoms with Gasteiger partial charge in [-0.25, -0.2) is 15.4 Å². The summed E-state index contributed by atoms with van der Waals surface area (Å²) in [6, 6.07) is 7.79. The van der Waals surface area contributed by atoms with Crippen molar-refractivity contribution < 1.29 is 0 Å². The highest BCUT2D eigenvalue weighted by molar-refractivity contribution is 5.71. The highest BCUT2D eigenvalue weighted by Gasteiger charge is 2.24. The molecule has 2 N–H and O–H groups in total. The number of nitrogens with zero attached hydrogens (tertiary/aromatic N) is 8. The first-order valence-electron chi connectivity index (χ1n) is 10.6. The zero-order chi connectivity index (χ0) is 22.2. The van der Waals surface area contributed by atoms with E-state index >= 15 is 0 Å². The van der Waals surface area contributed by atoms with Gasteiger partial charge in [-0.1, -0.05) is 13.8 Å². The van der Waals surface area contributed by atoms with Crippen LogP contribution >= 0.6 is 0 Å². The Bertz CT molecular complexity index is 1300. The van der Waals surface area contributed by atoms with Crippen molar-refractivity contribution in [2.24, 2.45) is 13.0 Å². The van der Waals surface area contributed by atoms with E-state index in [1.165, 1.54) is 11.3 Å². The molecule has 5 rings (SSSR count). The van der Waals surface area contributed by atoms with Crippen LogP contribution in [0.1, 0.15) is 26.1 Å². The number of hydrazine groups is 1. The van der Waals surface area contributed by atoms with Gasteiger partial charge >= 0.3 is 0 Å². The lowest BCUT2D eigenvalue weighted by Gasteiger charge is -2.18. The Balaban J connectivity index is 1.48. The summed E-state index contributed by atoms with van der Waals surface area (Å²) in [5.41, 5.74) is 8.38. The van der Waals surface area contributed by atoms with Crippen LogP contribution in [0.3, 0.4) is 0 Å².